The van der Waals surface area contributed by atoms with E-state index in [4.69, 9.17) is 0 Å². The summed E-state index contributed by atoms with van der Waals surface area (Å²) in [6.07, 6.45) is 3.26. The summed E-state index contributed by atoms with van der Waals surface area (Å²) in [6, 6.07) is 4.47. The molecule has 0 aliphatic heterocycles. The Hall–Kier alpha value is -0.380. The molecule has 0 amide bonds. The van der Waals surface area contributed by atoms with Crippen LogP contribution in [0.25, 0.3) is 0 Å². The second-order valence-corrected chi connectivity index (χ2v) is 7.57. The number of hydrogen-bond donors (Lipinski definition) is 2. The molecule has 0 saturated heterocycles. The zero-order valence-corrected chi connectivity index (χ0v) is 12.5. The maximum absolute atomic E-state index is 9.76. The fourth-order valence-corrected chi connectivity index (χ4v) is 3.55. The lowest BCUT2D eigenvalue weighted by molar-refractivity contribution is 0.131. The summed E-state index contributed by atoms with van der Waals surface area (Å²) in [5.74, 6) is 0.465. The van der Waals surface area contributed by atoms with Crippen molar-refractivity contribution in [2.45, 2.75) is 58.1 Å². The second kappa shape index (κ2) is 5.72. The van der Waals surface area contributed by atoms with Crippen molar-refractivity contribution < 1.29 is 5.11 Å². The van der Waals surface area contributed by atoms with Gasteiger partial charge in [0.05, 0.1) is 6.10 Å². The van der Waals surface area contributed by atoms with Gasteiger partial charge in [-0.1, -0.05) is 27.2 Å². The van der Waals surface area contributed by atoms with Gasteiger partial charge >= 0.3 is 0 Å². The normalized spacial score (nSPS) is 24.7. The molecule has 2 nitrogen and oxygen atoms in total. The molecule has 2 rings (SSSR count). The van der Waals surface area contributed by atoms with Crippen LogP contribution >= 0.6 is 11.3 Å². The highest BCUT2D eigenvalue weighted by Crippen LogP contribution is 2.29. The van der Waals surface area contributed by atoms with Crippen LogP contribution in [-0.4, -0.2) is 17.8 Å². The quantitative estimate of drug-likeness (QED) is 0.877. The van der Waals surface area contributed by atoms with E-state index in [2.05, 4.69) is 38.2 Å². The van der Waals surface area contributed by atoms with E-state index in [-0.39, 0.29) is 11.5 Å². The number of nitrogens with one attached hydrogen (secondary N) is 1. The Morgan fingerprint density at radius 1 is 1.33 bits per heavy atom. The van der Waals surface area contributed by atoms with Gasteiger partial charge in [0.15, 0.2) is 0 Å². The van der Waals surface area contributed by atoms with Gasteiger partial charge in [0.25, 0.3) is 0 Å². The van der Waals surface area contributed by atoms with Crippen LogP contribution in [0, 0.1) is 5.92 Å². The summed E-state index contributed by atoms with van der Waals surface area (Å²) in [5, 5.41) is 13.2. The number of aliphatic hydroxyl groups excluding tert-OH is 1. The van der Waals surface area contributed by atoms with Crippen LogP contribution in [0.5, 0.6) is 0 Å². The molecule has 1 heterocycles. The Balaban J connectivity index is 1.78. The van der Waals surface area contributed by atoms with E-state index < -0.39 is 0 Å². The van der Waals surface area contributed by atoms with Gasteiger partial charge in [-0.15, -0.1) is 11.3 Å². The van der Waals surface area contributed by atoms with Crippen molar-refractivity contribution in [3.8, 4) is 0 Å². The number of rotatable bonds is 4. The predicted octanol–water partition coefficient (Wildman–Crippen LogP) is 3.30. The Bertz CT molecular complexity index is 380. The molecule has 1 saturated carbocycles. The zero-order valence-electron chi connectivity index (χ0n) is 11.7. The van der Waals surface area contributed by atoms with Crippen molar-refractivity contribution >= 4 is 11.3 Å². The first-order valence-electron chi connectivity index (χ1n) is 6.95. The summed E-state index contributed by atoms with van der Waals surface area (Å²) in [6.45, 7) is 8.65. The highest BCUT2D eigenvalue weighted by molar-refractivity contribution is 7.12. The van der Waals surface area contributed by atoms with Gasteiger partial charge in [-0.25, -0.2) is 0 Å². The molecule has 2 N–H and O–H groups in total. The first kappa shape index (κ1) is 14.0. The van der Waals surface area contributed by atoms with Gasteiger partial charge in [0.2, 0.25) is 0 Å². The Labute approximate surface area is 114 Å². The van der Waals surface area contributed by atoms with Gasteiger partial charge in [-0.3, -0.25) is 0 Å². The highest BCUT2D eigenvalue weighted by atomic mass is 32.1. The fourth-order valence-electron chi connectivity index (χ4n) is 2.51. The Kier molecular flexibility index (Phi) is 4.46. The summed E-state index contributed by atoms with van der Waals surface area (Å²) in [4.78, 5) is 2.84. The van der Waals surface area contributed by atoms with Crippen LogP contribution < -0.4 is 5.32 Å². The van der Waals surface area contributed by atoms with Crippen molar-refractivity contribution in [1.29, 1.82) is 0 Å². The van der Waals surface area contributed by atoms with Crippen LogP contribution in [0.15, 0.2) is 12.1 Å². The number of aliphatic hydroxyl groups is 1. The lowest BCUT2D eigenvalue weighted by Gasteiger charge is -2.16. The summed E-state index contributed by atoms with van der Waals surface area (Å²) < 4.78 is 0. The average Bonchev–Trinajstić information content (AvgIpc) is 2.88. The smallest absolute Gasteiger partial charge is 0.0580 e. The van der Waals surface area contributed by atoms with Crippen LogP contribution in [0.2, 0.25) is 0 Å². The third-order valence-electron chi connectivity index (χ3n) is 3.73. The fraction of sp³-hybridized carbons (Fsp3) is 0.733. The SMILES string of the molecule is CC(C)(C)c1ccc(CNCC2CCCC2O)s1. The largest absolute Gasteiger partial charge is 0.393 e. The summed E-state index contributed by atoms with van der Waals surface area (Å²) >= 11 is 1.90. The van der Waals surface area contributed by atoms with Gasteiger partial charge in [-0.2, -0.15) is 0 Å². The molecule has 0 bridgehead atoms. The molecule has 2 unspecified atom stereocenters. The molecule has 3 heteroatoms. The lowest BCUT2D eigenvalue weighted by Crippen LogP contribution is -2.27. The van der Waals surface area contributed by atoms with Gasteiger partial charge in [0, 0.05) is 22.8 Å². The van der Waals surface area contributed by atoms with Crippen LogP contribution in [0.4, 0.5) is 0 Å². The van der Waals surface area contributed by atoms with E-state index in [1.54, 1.807) is 0 Å². The minimum absolute atomic E-state index is 0.0778. The van der Waals surface area contributed by atoms with Crippen molar-refractivity contribution in [2.24, 2.45) is 5.92 Å². The Morgan fingerprint density at radius 2 is 2.11 bits per heavy atom. The van der Waals surface area contributed by atoms with E-state index in [1.807, 2.05) is 11.3 Å². The summed E-state index contributed by atoms with van der Waals surface area (Å²) in [5.41, 5.74) is 0.255. The molecule has 1 aromatic heterocycles. The molecular formula is C15H25NOS. The van der Waals surface area contributed by atoms with Crippen LogP contribution in [-0.2, 0) is 12.0 Å². The lowest BCUT2D eigenvalue weighted by atomic mass is 9.95. The molecule has 1 aliphatic carbocycles. The topological polar surface area (TPSA) is 32.3 Å². The molecule has 1 aromatic rings. The van der Waals surface area contributed by atoms with E-state index in [9.17, 15) is 5.11 Å². The standard InChI is InChI=1S/C15H25NOS/c1-15(2,3)14-8-7-12(18-14)10-16-9-11-5-4-6-13(11)17/h7-8,11,13,16-17H,4-6,9-10H2,1-3H3. The van der Waals surface area contributed by atoms with Gasteiger partial charge in [-0.05, 0) is 36.3 Å². The first-order valence-corrected chi connectivity index (χ1v) is 7.76. The van der Waals surface area contributed by atoms with Crippen LogP contribution in [0.1, 0.15) is 49.8 Å². The number of thiophene rings is 1. The second-order valence-electron chi connectivity index (χ2n) is 6.41. The highest BCUT2D eigenvalue weighted by Gasteiger charge is 2.24. The van der Waals surface area contributed by atoms with E-state index >= 15 is 0 Å². The van der Waals surface area contributed by atoms with Crippen molar-refractivity contribution in [3.05, 3.63) is 21.9 Å². The minimum Gasteiger partial charge on any atom is -0.393 e. The molecular weight excluding hydrogens is 242 g/mol. The molecule has 1 aliphatic rings. The predicted molar refractivity (Wildman–Crippen MR) is 78.1 cm³/mol. The maximum Gasteiger partial charge on any atom is 0.0580 e. The molecule has 18 heavy (non-hydrogen) atoms. The molecule has 0 radical (unpaired) electrons. The van der Waals surface area contributed by atoms with Gasteiger partial charge < -0.3 is 10.4 Å². The van der Waals surface area contributed by atoms with E-state index in [1.165, 1.54) is 22.6 Å². The molecule has 0 aromatic carbocycles. The zero-order chi connectivity index (χ0) is 13.2. The van der Waals surface area contributed by atoms with Crippen molar-refractivity contribution in [3.63, 3.8) is 0 Å². The van der Waals surface area contributed by atoms with Crippen LogP contribution in [0.3, 0.4) is 0 Å². The first-order chi connectivity index (χ1) is 8.47. The molecule has 2 atom stereocenters. The number of hydrogen-bond acceptors (Lipinski definition) is 3. The molecule has 0 spiro atoms. The van der Waals surface area contributed by atoms with E-state index in [0.717, 1.165) is 19.5 Å². The van der Waals surface area contributed by atoms with Gasteiger partial charge in [0.1, 0.15) is 0 Å². The Morgan fingerprint density at radius 3 is 2.67 bits per heavy atom. The third-order valence-corrected chi connectivity index (χ3v) is 5.24. The third kappa shape index (κ3) is 3.56. The minimum atomic E-state index is -0.0778. The maximum atomic E-state index is 9.76. The average molecular weight is 267 g/mol. The van der Waals surface area contributed by atoms with E-state index in [0.29, 0.717) is 5.92 Å². The van der Waals surface area contributed by atoms with Crippen molar-refractivity contribution in [1.82, 2.24) is 5.32 Å². The van der Waals surface area contributed by atoms with Crippen molar-refractivity contribution in [2.75, 3.05) is 6.54 Å². The summed E-state index contributed by atoms with van der Waals surface area (Å²) in [7, 11) is 0. The molecule has 102 valence electrons. The molecule has 1 fully saturated rings. The monoisotopic (exact) mass is 267 g/mol.